The van der Waals surface area contributed by atoms with Crippen LogP contribution in [-0.4, -0.2) is 52.0 Å². The quantitative estimate of drug-likeness (QED) is 0.798. The van der Waals surface area contributed by atoms with E-state index in [2.05, 4.69) is 5.32 Å². The molecule has 0 aromatic heterocycles. The summed E-state index contributed by atoms with van der Waals surface area (Å²) in [6.45, 7) is 1.52. The van der Waals surface area contributed by atoms with E-state index in [4.69, 9.17) is 0 Å². The van der Waals surface area contributed by atoms with Crippen LogP contribution in [0.3, 0.4) is 0 Å². The highest BCUT2D eigenvalue weighted by Crippen LogP contribution is 2.44. The molecule has 0 unspecified atom stereocenters. The van der Waals surface area contributed by atoms with Crippen LogP contribution in [0.2, 0.25) is 0 Å². The van der Waals surface area contributed by atoms with Crippen LogP contribution in [-0.2, 0) is 0 Å². The van der Waals surface area contributed by atoms with Gasteiger partial charge in [0, 0.05) is 31.0 Å². The molecule has 8 heteroatoms. The third kappa shape index (κ3) is 3.94. The number of hydrogen-bond acceptors (Lipinski definition) is 3. The fourth-order valence-corrected chi connectivity index (χ4v) is 5.36. The number of carbonyl (C=O) groups excluding carboxylic acids is 2. The average Bonchev–Trinajstić information content (AvgIpc) is 3.12. The van der Waals surface area contributed by atoms with Crippen molar-refractivity contribution in [2.24, 2.45) is 0 Å². The summed E-state index contributed by atoms with van der Waals surface area (Å²) in [6.07, 6.45) is 1.23. The Morgan fingerprint density at radius 2 is 1.76 bits per heavy atom. The van der Waals surface area contributed by atoms with Crippen LogP contribution in [0.4, 0.5) is 19.3 Å². The van der Waals surface area contributed by atoms with Gasteiger partial charge in [0.2, 0.25) is 0 Å². The summed E-state index contributed by atoms with van der Waals surface area (Å²) in [5.41, 5.74) is 0.488. The smallest absolute Gasteiger partial charge is 0.321 e. The molecule has 5 nitrogen and oxygen atoms in total. The van der Waals surface area contributed by atoms with E-state index in [0.29, 0.717) is 38.0 Å². The highest BCUT2D eigenvalue weighted by atomic mass is 32.2. The molecule has 2 aromatic carbocycles. The Balaban J connectivity index is 1.43. The number of anilines is 1. The minimum absolute atomic E-state index is 0.149. The number of piperidine rings is 1. The maximum Gasteiger partial charge on any atom is 0.321 e. The van der Waals surface area contributed by atoms with Crippen LogP contribution in [0, 0.1) is 11.6 Å². The lowest BCUT2D eigenvalue weighted by molar-refractivity contribution is 0.0585. The molecular formula is C21H21F2N3O2S. The molecule has 3 amide bonds. The van der Waals surface area contributed by atoms with Crippen LogP contribution in [0.1, 0.15) is 23.2 Å². The molecule has 2 heterocycles. The average molecular weight is 417 g/mol. The fraction of sp³-hybridized carbons (Fsp3) is 0.333. The number of halogens is 2. The molecule has 0 radical (unpaired) electrons. The van der Waals surface area contributed by atoms with Gasteiger partial charge < -0.3 is 15.1 Å². The van der Waals surface area contributed by atoms with Crippen LogP contribution >= 0.6 is 11.8 Å². The number of carbonyl (C=O) groups is 2. The molecule has 1 spiro atoms. The van der Waals surface area contributed by atoms with Crippen molar-refractivity contribution in [2.75, 3.05) is 30.7 Å². The molecule has 0 bridgehead atoms. The minimum Gasteiger partial charge on any atom is -0.324 e. The van der Waals surface area contributed by atoms with Gasteiger partial charge in [0.1, 0.15) is 11.6 Å². The predicted octanol–water partition coefficient (Wildman–Crippen LogP) is 4.18. The Morgan fingerprint density at radius 3 is 2.48 bits per heavy atom. The summed E-state index contributed by atoms with van der Waals surface area (Å²) in [7, 11) is 0. The summed E-state index contributed by atoms with van der Waals surface area (Å²) >= 11 is 1.71. The second-order valence-electron chi connectivity index (χ2n) is 7.16. The number of thioether (sulfide) groups is 1. The number of amides is 3. The number of rotatable bonds is 2. The maximum absolute atomic E-state index is 13.8. The second kappa shape index (κ2) is 8.02. The standard InChI is InChI=1S/C21H21F2N3O2S/c22-16-5-3-4-15(14-16)19(27)26-12-13-29-21(26)8-10-25(11-9-21)20(28)24-18-7-2-1-6-17(18)23/h1-7,14H,8-13H2,(H,24,28). The predicted molar refractivity (Wildman–Crippen MR) is 109 cm³/mol. The summed E-state index contributed by atoms with van der Waals surface area (Å²) in [4.78, 5) is 28.6. The van der Waals surface area contributed by atoms with Crippen molar-refractivity contribution in [3.63, 3.8) is 0 Å². The largest absolute Gasteiger partial charge is 0.324 e. The van der Waals surface area contributed by atoms with Crippen molar-refractivity contribution < 1.29 is 18.4 Å². The zero-order valence-corrected chi connectivity index (χ0v) is 16.6. The molecule has 152 valence electrons. The van der Waals surface area contributed by atoms with E-state index < -0.39 is 16.5 Å². The summed E-state index contributed by atoms with van der Waals surface area (Å²) in [5, 5.41) is 2.61. The molecule has 2 aromatic rings. The lowest BCUT2D eigenvalue weighted by Gasteiger charge is -2.44. The van der Waals surface area contributed by atoms with E-state index >= 15 is 0 Å². The second-order valence-corrected chi connectivity index (χ2v) is 8.62. The lowest BCUT2D eigenvalue weighted by Crippen LogP contribution is -2.54. The van der Waals surface area contributed by atoms with Gasteiger partial charge in [0.05, 0.1) is 10.6 Å². The van der Waals surface area contributed by atoms with Crippen molar-refractivity contribution >= 4 is 29.4 Å². The number of nitrogens with one attached hydrogen (secondary N) is 1. The van der Waals surface area contributed by atoms with Crippen LogP contribution in [0.25, 0.3) is 0 Å². The fourth-order valence-electron chi connectivity index (χ4n) is 3.90. The maximum atomic E-state index is 13.8. The van der Waals surface area contributed by atoms with Gasteiger partial charge in [-0.1, -0.05) is 18.2 Å². The van der Waals surface area contributed by atoms with Gasteiger partial charge in [-0.3, -0.25) is 4.79 Å². The van der Waals surface area contributed by atoms with Crippen LogP contribution in [0.15, 0.2) is 48.5 Å². The SMILES string of the molecule is O=C(Nc1ccccc1F)N1CCC2(CC1)SCCN2C(=O)c1cccc(F)c1. The Hall–Kier alpha value is -2.61. The monoisotopic (exact) mass is 417 g/mol. The molecular weight excluding hydrogens is 396 g/mol. The van der Waals surface area contributed by atoms with Crippen molar-refractivity contribution in [1.82, 2.24) is 9.80 Å². The number of likely N-dealkylation sites (tertiary alicyclic amines) is 1. The minimum atomic E-state index is -0.479. The molecule has 2 aliphatic heterocycles. The van der Waals surface area contributed by atoms with Crippen LogP contribution < -0.4 is 5.32 Å². The molecule has 0 saturated carbocycles. The van der Waals surface area contributed by atoms with E-state index in [1.54, 1.807) is 34.9 Å². The van der Waals surface area contributed by atoms with Gasteiger partial charge in [-0.2, -0.15) is 0 Å². The number of nitrogens with zero attached hydrogens (tertiary/aromatic N) is 2. The van der Waals surface area contributed by atoms with Gasteiger partial charge in [0.25, 0.3) is 5.91 Å². The first-order chi connectivity index (χ1) is 14.0. The van der Waals surface area contributed by atoms with Crippen molar-refractivity contribution in [3.05, 3.63) is 65.7 Å². The molecule has 1 N–H and O–H groups in total. The number of para-hydroxylation sites is 1. The molecule has 0 aliphatic carbocycles. The first-order valence-corrected chi connectivity index (χ1v) is 10.5. The zero-order valence-electron chi connectivity index (χ0n) is 15.7. The summed E-state index contributed by atoms with van der Waals surface area (Å²) in [6, 6.07) is 11.4. The van der Waals surface area contributed by atoms with Crippen molar-refractivity contribution in [3.8, 4) is 0 Å². The van der Waals surface area contributed by atoms with Gasteiger partial charge >= 0.3 is 6.03 Å². The van der Waals surface area contributed by atoms with Gasteiger partial charge in [-0.25, -0.2) is 13.6 Å². The van der Waals surface area contributed by atoms with Crippen LogP contribution in [0.5, 0.6) is 0 Å². The van der Waals surface area contributed by atoms with E-state index in [1.165, 1.54) is 30.3 Å². The molecule has 2 saturated heterocycles. The molecule has 29 heavy (non-hydrogen) atoms. The number of urea groups is 1. The molecule has 2 aliphatic rings. The highest BCUT2D eigenvalue weighted by molar-refractivity contribution is 8.00. The van der Waals surface area contributed by atoms with Gasteiger partial charge in [-0.15, -0.1) is 11.8 Å². The third-order valence-corrected chi connectivity index (χ3v) is 6.99. The summed E-state index contributed by atoms with van der Waals surface area (Å²) < 4.78 is 27.3. The van der Waals surface area contributed by atoms with Crippen molar-refractivity contribution in [2.45, 2.75) is 17.7 Å². The Bertz CT molecular complexity index is 932. The Kier molecular flexibility index (Phi) is 5.45. The zero-order chi connectivity index (χ0) is 20.4. The normalized spacial score (nSPS) is 18.1. The highest BCUT2D eigenvalue weighted by Gasteiger charge is 2.47. The van der Waals surface area contributed by atoms with Gasteiger partial charge in [-0.05, 0) is 43.2 Å². The number of benzene rings is 2. The topological polar surface area (TPSA) is 52.7 Å². The molecule has 0 atom stereocenters. The van der Waals surface area contributed by atoms with E-state index in [-0.39, 0.29) is 17.6 Å². The van der Waals surface area contributed by atoms with Crippen molar-refractivity contribution in [1.29, 1.82) is 0 Å². The van der Waals surface area contributed by atoms with E-state index in [1.807, 2.05) is 4.90 Å². The number of hydrogen-bond donors (Lipinski definition) is 1. The Labute approximate surface area is 172 Å². The Morgan fingerprint density at radius 1 is 1.00 bits per heavy atom. The molecule has 4 rings (SSSR count). The van der Waals surface area contributed by atoms with E-state index in [0.717, 1.165) is 5.75 Å². The molecule has 2 fully saturated rings. The third-order valence-electron chi connectivity index (χ3n) is 5.44. The van der Waals surface area contributed by atoms with Gasteiger partial charge in [0.15, 0.2) is 0 Å². The summed E-state index contributed by atoms with van der Waals surface area (Å²) in [5.74, 6) is -0.287. The van der Waals surface area contributed by atoms with E-state index in [9.17, 15) is 18.4 Å². The first kappa shape index (κ1) is 19.7. The first-order valence-electron chi connectivity index (χ1n) is 9.50. The lowest BCUT2D eigenvalue weighted by atomic mass is 10.0.